The summed E-state index contributed by atoms with van der Waals surface area (Å²) in [6, 6.07) is 57.9. The van der Waals surface area contributed by atoms with Gasteiger partial charge < -0.3 is 14.8 Å². The number of rotatable bonds is 5. The van der Waals surface area contributed by atoms with Gasteiger partial charge in [0.05, 0.1) is 5.92 Å². The third kappa shape index (κ3) is 5.10. The summed E-state index contributed by atoms with van der Waals surface area (Å²) >= 11 is 0. The minimum absolute atomic E-state index is 0.0200. The Morgan fingerprint density at radius 2 is 1.13 bits per heavy atom. The molecule has 0 radical (unpaired) electrons. The van der Waals surface area contributed by atoms with Gasteiger partial charge in [-0.2, -0.15) is 0 Å². The summed E-state index contributed by atoms with van der Waals surface area (Å²) < 4.78 is 13.3. The molecule has 7 aromatic rings. The molecular weight excluding hydrogens is 661 g/mol. The summed E-state index contributed by atoms with van der Waals surface area (Å²) in [7, 11) is 0. The number of ether oxygens (including phenoxy) is 2. The van der Waals surface area contributed by atoms with Crippen LogP contribution < -0.4 is 14.8 Å². The van der Waals surface area contributed by atoms with E-state index in [-0.39, 0.29) is 18.1 Å². The Kier molecular flexibility index (Phi) is 7.02. The van der Waals surface area contributed by atoms with Gasteiger partial charge in [0.25, 0.3) is 0 Å². The van der Waals surface area contributed by atoms with Crippen molar-refractivity contribution in [2.45, 2.75) is 18.1 Å². The van der Waals surface area contributed by atoms with Crippen LogP contribution in [0.15, 0.2) is 204 Å². The molecule has 7 aromatic carbocycles. The lowest BCUT2D eigenvalue weighted by molar-refractivity contribution is 0.265. The molecule has 0 saturated heterocycles. The van der Waals surface area contributed by atoms with Crippen molar-refractivity contribution < 1.29 is 9.47 Å². The molecule has 11 rings (SSSR count). The quantitative estimate of drug-likeness (QED) is 0.195. The molecule has 3 atom stereocenters. The number of benzene rings is 7. The summed E-state index contributed by atoms with van der Waals surface area (Å²) in [6.45, 7) is 0. The van der Waals surface area contributed by atoms with Crippen LogP contribution in [-0.4, -0.2) is 11.9 Å². The minimum atomic E-state index is -0.155. The molecule has 0 bridgehead atoms. The third-order valence-corrected chi connectivity index (χ3v) is 11.1. The second-order valence-corrected chi connectivity index (χ2v) is 14.3. The van der Waals surface area contributed by atoms with Crippen LogP contribution in [0.1, 0.15) is 28.7 Å². The number of para-hydroxylation sites is 1. The van der Waals surface area contributed by atoms with E-state index in [0.29, 0.717) is 0 Å². The van der Waals surface area contributed by atoms with Gasteiger partial charge in [-0.1, -0.05) is 158 Å². The Morgan fingerprint density at radius 3 is 1.94 bits per heavy atom. The lowest BCUT2D eigenvalue weighted by Gasteiger charge is -2.29. The van der Waals surface area contributed by atoms with E-state index < -0.39 is 0 Å². The molecule has 4 aliphatic rings. The standard InChI is InChI=1S/C50H34N2O2/c1-2-9-31(10-3-1)33-17-19-35(20-18-33)39-27-28-40-45(30-39)53-44-16-8-14-42(46(40)44)48-49-47(41-13-6-7-15-43(41)54-49)51-50(52-48)36-24-21-34(22-25-36)38-26-23-32-11-4-5-12-37(32)29-38/h1-30,44,46-47H,(H,51,52). The van der Waals surface area contributed by atoms with Gasteiger partial charge in [-0.25, -0.2) is 4.99 Å². The number of amidine groups is 1. The first kappa shape index (κ1) is 30.7. The van der Waals surface area contributed by atoms with Gasteiger partial charge in [0.1, 0.15) is 35.2 Å². The van der Waals surface area contributed by atoms with Crippen LogP contribution in [-0.2, 0) is 0 Å². The lowest BCUT2D eigenvalue weighted by atomic mass is 9.81. The van der Waals surface area contributed by atoms with Crippen molar-refractivity contribution >= 4 is 16.6 Å². The zero-order chi connectivity index (χ0) is 35.6. The SMILES string of the molecule is C1=CC2Oc3cc(-c4ccc(-c5ccccc5)cc4)ccc3C2C(C2=C3Oc4ccccc4C3NC(c3ccc(-c4ccc5ccccc5c4)cc3)=N2)=C1. The van der Waals surface area contributed by atoms with Crippen molar-refractivity contribution in [1.29, 1.82) is 0 Å². The van der Waals surface area contributed by atoms with E-state index in [1.165, 1.54) is 33.0 Å². The summed E-state index contributed by atoms with van der Waals surface area (Å²) in [5.41, 5.74) is 12.3. The van der Waals surface area contributed by atoms with Crippen LogP contribution in [0.2, 0.25) is 0 Å². The second kappa shape index (κ2) is 12.4. The van der Waals surface area contributed by atoms with Crippen LogP contribution >= 0.6 is 0 Å². The van der Waals surface area contributed by atoms with Crippen LogP contribution in [0.4, 0.5) is 0 Å². The number of hydrogen-bond donors (Lipinski definition) is 1. The highest BCUT2D eigenvalue weighted by atomic mass is 16.5. The number of nitrogens with one attached hydrogen (secondary N) is 1. The van der Waals surface area contributed by atoms with Crippen molar-refractivity contribution in [3.8, 4) is 44.9 Å². The van der Waals surface area contributed by atoms with E-state index in [1.807, 2.05) is 18.2 Å². The normalized spacial score (nSPS) is 19.1. The fourth-order valence-corrected chi connectivity index (χ4v) is 8.38. The summed E-state index contributed by atoms with van der Waals surface area (Å²) in [6.07, 6.45) is 6.32. The van der Waals surface area contributed by atoms with Gasteiger partial charge in [0.15, 0.2) is 5.76 Å². The number of aliphatic imine (C=N–C) groups is 1. The average Bonchev–Trinajstić information content (AvgIpc) is 3.82. The first-order valence-corrected chi connectivity index (χ1v) is 18.5. The molecule has 256 valence electrons. The Bertz CT molecular complexity index is 2740. The summed E-state index contributed by atoms with van der Waals surface area (Å²) in [5.74, 6) is 3.40. The largest absolute Gasteiger partial charge is 0.485 e. The lowest BCUT2D eigenvalue weighted by Crippen LogP contribution is -2.34. The van der Waals surface area contributed by atoms with Gasteiger partial charge >= 0.3 is 0 Å². The molecule has 0 fully saturated rings. The Labute approximate surface area is 314 Å². The average molecular weight is 695 g/mol. The monoisotopic (exact) mass is 694 g/mol. The summed E-state index contributed by atoms with van der Waals surface area (Å²) in [4.78, 5) is 5.38. The molecule has 3 heterocycles. The number of fused-ring (bicyclic) bond motifs is 7. The molecule has 4 heteroatoms. The highest BCUT2D eigenvalue weighted by Crippen LogP contribution is 2.51. The smallest absolute Gasteiger partial charge is 0.157 e. The molecule has 0 amide bonds. The maximum atomic E-state index is 6.70. The van der Waals surface area contributed by atoms with Gasteiger partial charge in [-0.15, -0.1) is 0 Å². The van der Waals surface area contributed by atoms with E-state index in [2.05, 4.69) is 169 Å². The van der Waals surface area contributed by atoms with Gasteiger partial charge in [-0.3, -0.25) is 0 Å². The van der Waals surface area contributed by atoms with Crippen LogP contribution in [0.25, 0.3) is 44.2 Å². The predicted octanol–water partition coefficient (Wildman–Crippen LogP) is 11.6. The van der Waals surface area contributed by atoms with Crippen LogP contribution in [0, 0.1) is 0 Å². The van der Waals surface area contributed by atoms with E-state index >= 15 is 0 Å². The number of allylic oxidation sites excluding steroid dienone is 3. The van der Waals surface area contributed by atoms with E-state index in [0.717, 1.165) is 62.2 Å². The van der Waals surface area contributed by atoms with Crippen LogP contribution in [0.5, 0.6) is 11.5 Å². The highest BCUT2D eigenvalue weighted by Gasteiger charge is 2.43. The molecule has 3 aliphatic heterocycles. The molecular formula is C50H34N2O2. The van der Waals surface area contributed by atoms with Crippen molar-refractivity contribution in [3.63, 3.8) is 0 Å². The highest BCUT2D eigenvalue weighted by molar-refractivity contribution is 6.01. The molecule has 4 nitrogen and oxygen atoms in total. The van der Waals surface area contributed by atoms with Crippen molar-refractivity contribution in [3.05, 3.63) is 216 Å². The van der Waals surface area contributed by atoms with Crippen molar-refractivity contribution in [2.75, 3.05) is 0 Å². The molecule has 1 aliphatic carbocycles. The Hall–Kier alpha value is -6.91. The fraction of sp³-hybridized carbons (Fsp3) is 0.0600. The molecule has 54 heavy (non-hydrogen) atoms. The first-order valence-electron chi connectivity index (χ1n) is 18.5. The minimum Gasteiger partial charge on any atom is -0.485 e. The van der Waals surface area contributed by atoms with Gasteiger partial charge in [0, 0.05) is 16.7 Å². The maximum Gasteiger partial charge on any atom is 0.157 e. The molecule has 0 aromatic heterocycles. The van der Waals surface area contributed by atoms with Crippen molar-refractivity contribution in [1.82, 2.24) is 5.32 Å². The predicted molar refractivity (Wildman–Crippen MR) is 218 cm³/mol. The summed E-state index contributed by atoms with van der Waals surface area (Å²) in [5, 5.41) is 6.23. The fourth-order valence-electron chi connectivity index (χ4n) is 8.38. The van der Waals surface area contributed by atoms with Crippen molar-refractivity contribution in [2.24, 2.45) is 4.99 Å². The maximum absolute atomic E-state index is 6.70. The van der Waals surface area contributed by atoms with Gasteiger partial charge in [0.2, 0.25) is 0 Å². The van der Waals surface area contributed by atoms with E-state index in [1.54, 1.807) is 0 Å². The Balaban J connectivity index is 0.947. The molecule has 0 spiro atoms. The first-order chi connectivity index (χ1) is 26.7. The zero-order valence-electron chi connectivity index (χ0n) is 29.3. The number of hydrogen-bond acceptors (Lipinski definition) is 4. The van der Waals surface area contributed by atoms with Crippen LogP contribution in [0.3, 0.4) is 0 Å². The third-order valence-electron chi connectivity index (χ3n) is 11.1. The molecule has 1 N–H and O–H groups in total. The molecule has 0 saturated carbocycles. The Morgan fingerprint density at radius 1 is 0.500 bits per heavy atom. The number of nitrogens with zero attached hydrogens (tertiary/aromatic N) is 1. The molecule has 3 unspecified atom stereocenters. The zero-order valence-corrected chi connectivity index (χ0v) is 29.3. The van der Waals surface area contributed by atoms with E-state index in [9.17, 15) is 0 Å². The van der Waals surface area contributed by atoms with E-state index in [4.69, 9.17) is 14.5 Å². The topological polar surface area (TPSA) is 42.9 Å². The van der Waals surface area contributed by atoms with Gasteiger partial charge in [-0.05, 0) is 74.0 Å². The second-order valence-electron chi connectivity index (χ2n) is 14.3.